The highest BCUT2D eigenvalue weighted by Crippen LogP contribution is 2.28. The van der Waals surface area contributed by atoms with Crippen LogP contribution in [0.25, 0.3) is 0 Å². The second kappa shape index (κ2) is 12.7. The number of nitrogens with one attached hydrogen (secondary N) is 2. The summed E-state index contributed by atoms with van der Waals surface area (Å²) in [6, 6.07) is 10.2. The van der Waals surface area contributed by atoms with Crippen LogP contribution in [0.2, 0.25) is 0 Å². The van der Waals surface area contributed by atoms with Gasteiger partial charge in [-0.1, -0.05) is 37.3 Å². The number of aliphatic hydroxyl groups is 1. The number of likely N-dealkylation sites (tertiary alicyclic amines) is 1. The van der Waals surface area contributed by atoms with Gasteiger partial charge in [-0.05, 0) is 31.2 Å². The highest BCUT2D eigenvalue weighted by atomic mass is 16.5. The average Bonchev–Trinajstić information content (AvgIpc) is 3.27. The Bertz CT molecular complexity index is 825. The quantitative estimate of drug-likeness (QED) is 0.538. The summed E-state index contributed by atoms with van der Waals surface area (Å²) >= 11 is 0. The van der Waals surface area contributed by atoms with E-state index in [2.05, 4.69) is 39.8 Å². The first-order chi connectivity index (χ1) is 17.0. The zero-order valence-electron chi connectivity index (χ0n) is 20.7. The number of hydrogen-bond donors (Lipinski definition) is 3. The average molecular weight is 489 g/mol. The molecule has 9 nitrogen and oxygen atoms in total. The number of aliphatic hydroxyl groups excluding tert-OH is 1. The summed E-state index contributed by atoms with van der Waals surface area (Å²) in [4.78, 5) is 29.6. The molecule has 3 N–H and O–H groups in total. The van der Waals surface area contributed by atoms with Gasteiger partial charge in [0, 0.05) is 32.2 Å². The van der Waals surface area contributed by atoms with Gasteiger partial charge in [-0.25, -0.2) is 4.79 Å². The number of β-amino-alcohol motifs (C(OH)–C–C–N with tert-alkyl or cyclic N) is 1. The van der Waals surface area contributed by atoms with Crippen LogP contribution in [-0.2, 0) is 20.8 Å². The Labute approximate surface area is 208 Å². The third-order valence-corrected chi connectivity index (χ3v) is 7.07. The van der Waals surface area contributed by atoms with E-state index >= 15 is 0 Å². The number of ether oxygens (including phenoxy) is 2. The molecule has 0 unspecified atom stereocenters. The molecular weight excluding hydrogens is 448 g/mol. The number of fused-ring (bicyclic) bond motifs is 1. The molecule has 3 amide bonds. The van der Waals surface area contributed by atoms with Crippen molar-refractivity contribution in [3.05, 3.63) is 35.9 Å². The fourth-order valence-electron chi connectivity index (χ4n) is 5.34. The van der Waals surface area contributed by atoms with Crippen LogP contribution in [0.5, 0.6) is 0 Å². The van der Waals surface area contributed by atoms with Gasteiger partial charge in [0.15, 0.2) is 0 Å². The Kier molecular flexibility index (Phi) is 9.37. The Morgan fingerprint density at radius 3 is 2.74 bits per heavy atom. The van der Waals surface area contributed by atoms with Crippen molar-refractivity contribution in [3.8, 4) is 0 Å². The Morgan fingerprint density at radius 2 is 1.94 bits per heavy atom. The summed E-state index contributed by atoms with van der Waals surface area (Å²) < 4.78 is 11.9. The lowest BCUT2D eigenvalue weighted by Gasteiger charge is -2.44. The molecule has 0 radical (unpaired) electrons. The summed E-state index contributed by atoms with van der Waals surface area (Å²) in [6.07, 6.45) is 2.27. The SMILES string of the molecule is CCCNC(=O)N1C[C@H](O)COC[C@H]2O[C@@H](CC(=O)N[C@H]3CCN(Cc4ccccc4)C3)CC[C@@H]21. The number of carbonyl (C=O) groups is 2. The first-order valence-electron chi connectivity index (χ1n) is 13.0. The van der Waals surface area contributed by atoms with E-state index in [0.717, 1.165) is 32.5 Å². The first kappa shape index (κ1) is 25.9. The molecule has 194 valence electrons. The molecule has 3 saturated heterocycles. The number of hydrogen-bond acceptors (Lipinski definition) is 6. The fraction of sp³-hybridized carbons (Fsp3) is 0.692. The number of benzene rings is 1. The lowest BCUT2D eigenvalue weighted by Crippen LogP contribution is -2.59. The van der Waals surface area contributed by atoms with E-state index in [9.17, 15) is 14.7 Å². The molecule has 0 saturated carbocycles. The minimum atomic E-state index is -0.723. The molecule has 5 atom stereocenters. The molecule has 0 aromatic heterocycles. The summed E-state index contributed by atoms with van der Waals surface area (Å²) in [7, 11) is 0. The smallest absolute Gasteiger partial charge is 0.317 e. The third kappa shape index (κ3) is 7.39. The van der Waals surface area contributed by atoms with Crippen LogP contribution in [0.4, 0.5) is 4.79 Å². The minimum Gasteiger partial charge on any atom is -0.389 e. The van der Waals surface area contributed by atoms with E-state index in [1.807, 2.05) is 13.0 Å². The van der Waals surface area contributed by atoms with E-state index in [1.165, 1.54) is 5.56 Å². The summed E-state index contributed by atoms with van der Waals surface area (Å²) in [5.74, 6) is 0.0136. The minimum absolute atomic E-state index is 0.0136. The van der Waals surface area contributed by atoms with E-state index in [4.69, 9.17) is 9.47 Å². The largest absolute Gasteiger partial charge is 0.389 e. The monoisotopic (exact) mass is 488 g/mol. The van der Waals surface area contributed by atoms with Gasteiger partial charge in [0.2, 0.25) is 5.91 Å². The second-order valence-electron chi connectivity index (χ2n) is 9.99. The highest BCUT2D eigenvalue weighted by Gasteiger charge is 2.40. The van der Waals surface area contributed by atoms with Gasteiger partial charge in [-0.2, -0.15) is 0 Å². The van der Waals surface area contributed by atoms with Crippen molar-refractivity contribution in [2.75, 3.05) is 39.4 Å². The topological polar surface area (TPSA) is 103 Å². The molecule has 0 bridgehead atoms. The van der Waals surface area contributed by atoms with Crippen molar-refractivity contribution in [2.24, 2.45) is 0 Å². The van der Waals surface area contributed by atoms with Gasteiger partial charge in [-0.15, -0.1) is 0 Å². The lowest BCUT2D eigenvalue weighted by atomic mass is 9.95. The highest BCUT2D eigenvalue weighted by molar-refractivity contribution is 5.77. The van der Waals surface area contributed by atoms with E-state index in [0.29, 0.717) is 32.4 Å². The van der Waals surface area contributed by atoms with Crippen LogP contribution in [0.3, 0.4) is 0 Å². The van der Waals surface area contributed by atoms with Crippen LogP contribution >= 0.6 is 0 Å². The molecule has 0 aliphatic carbocycles. The van der Waals surface area contributed by atoms with Crippen molar-refractivity contribution < 1.29 is 24.2 Å². The van der Waals surface area contributed by atoms with Gasteiger partial charge in [0.1, 0.15) is 6.10 Å². The van der Waals surface area contributed by atoms with E-state index in [1.54, 1.807) is 4.90 Å². The van der Waals surface area contributed by atoms with Crippen LogP contribution < -0.4 is 10.6 Å². The summed E-state index contributed by atoms with van der Waals surface area (Å²) in [6.45, 7) is 6.01. The number of urea groups is 1. The summed E-state index contributed by atoms with van der Waals surface area (Å²) in [5.41, 5.74) is 1.29. The molecular formula is C26H40N4O5. The van der Waals surface area contributed by atoms with Gasteiger partial charge >= 0.3 is 6.03 Å². The van der Waals surface area contributed by atoms with Crippen LogP contribution in [-0.4, -0.2) is 96.6 Å². The van der Waals surface area contributed by atoms with Crippen molar-refractivity contribution in [2.45, 2.75) is 76.0 Å². The van der Waals surface area contributed by atoms with Crippen molar-refractivity contribution in [1.29, 1.82) is 0 Å². The Balaban J connectivity index is 1.26. The Morgan fingerprint density at radius 1 is 1.11 bits per heavy atom. The standard InChI is InChI=1S/C26H40N4O5/c1-2-11-27-26(33)30-16-21(31)17-34-18-24-23(30)9-8-22(35-24)13-25(32)28-20-10-12-29(15-20)14-19-6-4-3-5-7-19/h3-7,20-24,31H,2,8-18H2,1H3,(H,27,33)(H,28,32)/t20-,21-,22+,23-,24+/m0/s1. The predicted molar refractivity (Wildman–Crippen MR) is 132 cm³/mol. The van der Waals surface area contributed by atoms with Crippen molar-refractivity contribution in [1.82, 2.24) is 20.4 Å². The molecule has 3 aliphatic heterocycles. The number of nitrogens with zero attached hydrogens (tertiary/aromatic N) is 2. The second-order valence-corrected chi connectivity index (χ2v) is 9.99. The molecule has 3 fully saturated rings. The van der Waals surface area contributed by atoms with Crippen molar-refractivity contribution in [3.63, 3.8) is 0 Å². The van der Waals surface area contributed by atoms with Crippen LogP contribution in [0, 0.1) is 0 Å². The van der Waals surface area contributed by atoms with E-state index < -0.39 is 6.10 Å². The van der Waals surface area contributed by atoms with E-state index in [-0.39, 0.29) is 49.4 Å². The molecule has 35 heavy (non-hydrogen) atoms. The fourth-order valence-corrected chi connectivity index (χ4v) is 5.34. The predicted octanol–water partition coefficient (Wildman–Crippen LogP) is 1.50. The van der Waals surface area contributed by atoms with Crippen LogP contribution in [0.1, 0.15) is 44.6 Å². The number of amides is 3. The van der Waals surface area contributed by atoms with Gasteiger partial charge in [-0.3, -0.25) is 9.69 Å². The zero-order valence-corrected chi connectivity index (χ0v) is 20.7. The van der Waals surface area contributed by atoms with Crippen molar-refractivity contribution >= 4 is 11.9 Å². The normalized spacial score (nSPS) is 29.7. The molecule has 1 aromatic carbocycles. The van der Waals surface area contributed by atoms with Gasteiger partial charge in [0.05, 0.1) is 44.4 Å². The number of rotatable bonds is 7. The maximum atomic E-state index is 12.8. The summed E-state index contributed by atoms with van der Waals surface area (Å²) in [5, 5.41) is 16.3. The molecule has 9 heteroatoms. The molecule has 3 heterocycles. The molecule has 0 spiro atoms. The van der Waals surface area contributed by atoms with Gasteiger partial charge in [0.25, 0.3) is 0 Å². The Hall–Kier alpha value is -2.20. The third-order valence-electron chi connectivity index (χ3n) is 7.07. The maximum Gasteiger partial charge on any atom is 0.317 e. The van der Waals surface area contributed by atoms with Crippen LogP contribution in [0.15, 0.2) is 30.3 Å². The zero-order chi connectivity index (χ0) is 24.6. The number of carbonyl (C=O) groups excluding carboxylic acids is 2. The molecule has 4 rings (SSSR count). The molecule has 1 aromatic rings. The molecule has 3 aliphatic rings. The van der Waals surface area contributed by atoms with Gasteiger partial charge < -0.3 is 30.1 Å². The maximum absolute atomic E-state index is 12.8. The lowest BCUT2D eigenvalue weighted by molar-refractivity contribution is -0.150. The first-order valence-corrected chi connectivity index (χ1v) is 13.0.